The number of ether oxygens (including phenoxy) is 1. The molecule has 2 aliphatic heterocycles. The molecule has 1 aromatic rings. The Balaban J connectivity index is 1.83. The minimum Gasteiger partial charge on any atom is -0.375 e. The molecule has 1 aromatic carbocycles. The van der Waals surface area contributed by atoms with Gasteiger partial charge in [0.15, 0.2) is 0 Å². The van der Waals surface area contributed by atoms with Crippen LogP contribution in [-0.2, 0) is 4.74 Å². The number of rotatable bonds is 5. The third-order valence-corrected chi connectivity index (χ3v) is 4.78. The van der Waals surface area contributed by atoms with Crippen LogP contribution >= 0.6 is 11.6 Å². The molecule has 0 radical (unpaired) electrons. The Labute approximate surface area is 120 Å². The van der Waals surface area contributed by atoms with Crippen molar-refractivity contribution in [1.82, 2.24) is 5.32 Å². The fourth-order valence-corrected chi connectivity index (χ4v) is 3.80. The maximum absolute atomic E-state index is 6.40. The molecular formula is C16H22ClNO. The molecule has 104 valence electrons. The van der Waals surface area contributed by atoms with Gasteiger partial charge in [-0.2, -0.15) is 0 Å². The Morgan fingerprint density at radius 2 is 2.21 bits per heavy atom. The van der Waals surface area contributed by atoms with Gasteiger partial charge in [0.2, 0.25) is 0 Å². The number of hydrogen-bond donors (Lipinski definition) is 1. The minimum atomic E-state index is 0.337. The van der Waals surface area contributed by atoms with E-state index in [2.05, 4.69) is 24.4 Å². The molecule has 0 spiro atoms. The Morgan fingerprint density at radius 3 is 2.84 bits per heavy atom. The molecule has 0 amide bonds. The molecule has 0 aliphatic carbocycles. The van der Waals surface area contributed by atoms with Gasteiger partial charge in [-0.25, -0.2) is 0 Å². The number of fused-ring (bicyclic) bond motifs is 2. The van der Waals surface area contributed by atoms with Crippen LogP contribution in [0.25, 0.3) is 0 Å². The third kappa shape index (κ3) is 2.67. The van der Waals surface area contributed by atoms with Crippen molar-refractivity contribution in [3.05, 3.63) is 34.9 Å². The molecule has 2 saturated heterocycles. The van der Waals surface area contributed by atoms with Gasteiger partial charge in [-0.1, -0.05) is 36.7 Å². The first-order valence-electron chi connectivity index (χ1n) is 7.43. The number of halogens is 1. The maximum atomic E-state index is 6.40. The Hall–Kier alpha value is -0.570. The van der Waals surface area contributed by atoms with Crippen LogP contribution in [0.15, 0.2) is 24.3 Å². The highest BCUT2D eigenvalue weighted by Gasteiger charge is 2.44. The summed E-state index contributed by atoms with van der Waals surface area (Å²) in [4.78, 5) is 0. The van der Waals surface area contributed by atoms with E-state index in [4.69, 9.17) is 16.3 Å². The monoisotopic (exact) mass is 279 g/mol. The van der Waals surface area contributed by atoms with Crippen LogP contribution in [0.5, 0.6) is 0 Å². The zero-order valence-corrected chi connectivity index (χ0v) is 12.2. The van der Waals surface area contributed by atoms with E-state index in [0.29, 0.717) is 24.2 Å². The lowest BCUT2D eigenvalue weighted by molar-refractivity contribution is 0.0857. The summed E-state index contributed by atoms with van der Waals surface area (Å²) in [5.41, 5.74) is 1.23. The average molecular weight is 280 g/mol. The van der Waals surface area contributed by atoms with E-state index in [1.807, 2.05) is 12.1 Å². The molecule has 0 aromatic heterocycles. The summed E-state index contributed by atoms with van der Waals surface area (Å²) >= 11 is 6.40. The SMILES string of the molecule is CCCNC(c1ccccc1Cl)C1CC2CCC1O2. The summed E-state index contributed by atoms with van der Waals surface area (Å²) in [6.07, 6.45) is 5.69. The van der Waals surface area contributed by atoms with Gasteiger partial charge in [-0.05, 0) is 43.9 Å². The van der Waals surface area contributed by atoms with Crippen molar-refractivity contribution in [1.29, 1.82) is 0 Å². The largest absolute Gasteiger partial charge is 0.375 e. The van der Waals surface area contributed by atoms with Crippen molar-refractivity contribution in [2.45, 2.75) is 50.9 Å². The molecule has 2 aliphatic rings. The highest BCUT2D eigenvalue weighted by molar-refractivity contribution is 6.31. The highest BCUT2D eigenvalue weighted by Crippen LogP contribution is 2.45. The molecule has 0 saturated carbocycles. The van der Waals surface area contributed by atoms with Crippen LogP contribution in [-0.4, -0.2) is 18.8 Å². The molecule has 2 bridgehead atoms. The lowest BCUT2D eigenvalue weighted by Crippen LogP contribution is -2.34. The first kappa shape index (κ1) is 13.4. The van der Waals surface area contributed by atoms with Crippen molar-refractivity contribution in [2.75, 3.05) is 6.54 Å². The Kier molecular flexibility index (Phi) is 4.11. The lowest BCUT2D eigenvalue weighted by Gasteiger charge is -2.30. The third-order valence-electron chi connectivity index (χ3n) is 4.44. The molecule has 2 nitrogen and oxygen atoms in total. The second-order valence-corrected chi connectivity index (χ2v) is 6.13. The minimum absolute atomic E-state index is 0.337. The molecule has 2 heterocycles. The van der Waals surface area contributed by atoms with E-state index in [1.165, 1.54) is 24.8 Å². The van der Waals surface area contributed by atoms with E-state index in [1.54, 1.807) is 0 Å². The van der Waals surface area contributed by atoms with Crippen LogP contribution in [0.4, 0.5) is 0 Å². The predicted molar refractivity (Wildman–Crippen MR) is 78.5 cm³/mol. The number of hydrogen-bond acceptors (Lipinski definition) is 2. The van der Waals surface area contributed by atoms with E-state index < -0.39 is 0 Å². The van der Waals surface area contributed by atoms with E-state index in [-0.39, 0.29) is 0 Å². The van der Waals surface area contributed by atoms with Crippen LogP contribution in [0.3, 0.4) is 0 Å². The summed E-state index contributed by atoms with van der Waals surface area (Å²) in [6.45, 7) is 3.23. The summed E-state index contributed by atoms with van der Waals surface area (Å²) in [6, 6.07) is 8.56. The van der Waals surface area contributed by atoms with Gasteiger partial charge >= 0.3 is 0 Å². The molecule has 1 N–H and O–H groups in total. The van der Waals surface area contributed by atoms with Gasteiger partial charge in [0.25, 0.3) is 0 Å². The molecule has 2 fully saturated rings. The van der Waals surface area contributed by atoms with Gasteiger partial charge in [-0.15, -0.1) is 0 Å². The van der Waals surface area contributed by atoms with Crippen molar-refractivity contribution < 1.29 is 4.74 Å². The zero-order valence-electron chi connectivity index (χ0n) is 11.4. The maximum Gasteiger partial charge on any atom is 0.0627 e. The molecule has 3 heteroatoms. The molecule has 19 heavy (non-hydrogen) atoms. The van der Waals surface area contributed by atoms with E-state index in [9.17, 15) is 0 Å². The highest BCUT2D eigenvalue weighted by atomic mass is 35.5. The normalized spacial score (nSPS) is 30.7. The van der Waals surface area contributed by atoms with Crippen LogP contribution < -0.4 is 5.32 Å². The smallest absolute Gasteiger partial charge is 0.0627 e. The van der Waals surface area contributed by atoms with Gasteiger partial charge < -0.3 is 10.1 Å². The topological polar surface area (TPSA) is 21.3 Å². The Morgan fingerprint density at radius 1 is 1.37 bits per heavy atom. The standard InChI is InChI=1S/C16H22ClNO/c1-2-9-18-16(12-5-3-4-6-14(12)17)13-10-11-7-8-15(13)19-11/h3-6,11,13,15-16,18H,2,7-10H2,1H3. The quantitative estimate of drug-likeness (QED) is 0.881. The van der Waals surface area contributed by atoms with E-state index >= 15 is 0 Å². The van der Waals surface area contributed by atoms with Crippen LogP contribution in [0.2, 0.25) is 5.02 Å². The van der Waals surface area contributed by atoms with Gasteiger partial charge in [-0.3, -0.25) is 0 Å². The molecule has 4 unspecified atom stereocenters. The molecular weight excluding hydrogens is 258 g/mol. The van der Waals surface area contributed by atoms with Gasteiger partial charge in [0.1, 0.15) is 0 Å². The van der Waals surface area contributed by atoms with Crippen molar-refractivity contribution in [2.24, 2.45) is 5.92 Å². The summed E-state index contributed by atoms with van der Waals surface area (Å²) in [5.74, 6) is 0.574. The average Bonchev–Trinajstić information content (AvgIpc) is 3.04. The van der Waals surface area contributed by atoms with Crippen molar-refractivity contribution >= 4 is 11.6 Å². The van der Waals surface area contributed by atoms with E-state index in [0.717, 1.165) is 18.0 Å². The van der Waals surface area contributed by atoms with Crippen molar-refractivity contribution in [3.8, 4) is 0 Å². The summed E-state index contributed by atoms with van der Waals surface area (Å²) in [5, 5.41) is 4.56. The first-order chi connectivity index (χ1) is 9.29. The fraction of sp³-hybridized carbons (Fsp3) is 0.625. The number of nitrogens with one attached hydrogen (secondary N) is 1. The van der Waals surface area contributed by atoms with Gasteiger partial charge in [0.05, 0.1) is 12.2 Å². The van der Waals surface area contributed by atoms with Crippen molar-refractivity contribution in [3.63, 3.8) is 0 Å². The fourth-order valence-electron chi connectivity index (χ4n) is 3.55. The predicted octanol–water partition coefficient (Wildman–Crippen LogP) is 3.95. The van der Waals surface area contributed by atoms with Crippen LogP contribution in [0, 0.1) is 5.92 Å². The van der Waals surface area contributed by atoms with Crippen LogP contribution in [0.1, 0.15) is 44.2 Å². The lowest BCUT2D eigenvalue weighted by atomic mass is 9.81. The Bertz CT molecular complexity index is 437. The summed E-state index contributed by atoms with van der Waals surface area (Å²) < 4.78 is 6.02. The first-order valence-corrected chi connectivity index (χ1v) is 7.80. The van der Waals surface area contributed by atoms with Gasteiger partial charge in [0, 0.05) is 17.0 Å². The number of benzene rings is 1. The molecule has 3 rings (SSSR count). The second-order valence-electron chi connectivity index (χ2n) is 5.73. The second kappa shape index (κ2) is 5.82. The zero-order chi connectivity index (χ0) is 13.2. The molecule has 4 atom stereocenters. The summed E-state index contributed by atoms with van der Waals surface area (Å²) in [7, 11) is 0.